The van der Waals surface area contributed by atoms with Crippen LogP contribution in [0, 0.1) is 0 Å². The van der Waals surface area contributed by atoms with Crippen LogP contribution in [0.1, 0.15) is 15.9 Å². The van der Waals surface area contributed by atoms with Crippen molar-refractivity contribution in [2.45, 2.75) is 6.18 Å². The second-order valence-electron chi connectivity index (χ2n) is 5.77. The van der Waals surface area contributed by atoms with Gasteiger partial charge in [-0.25, -0.2) is 4.98 Å². The van der Waals surface area contributed by atoms with Crippen molar-refractivity contribution in [1.29, 1.82) is 0 Å². The first-order valence-electron chi connectivity index (χ1n) is 7.78. The monoisotopic (exact) mass is 350 g/mol. The topological polar surface area (TPSA) is 62.5 Å². The average Bonchev–Trinajstić information content (AvgIpc) is 2.61. The minimum absolute atomic E-state index is 0.311. The van der Waals surface area contributed by atoms with Crippen molar-refractivity contribution in [1.82, 2.24) is 9.88 Å². The van der Waals surface area contributed by atoms with Gasteiger partial charge in [0.05, 0.1) is 23.0 Å². The van der Waals surface area contributed by atoms with Crippen LogP contribution in [0.2, 0.25) is 0 Å². The van der Waals surface area contributed by atoms with Crippen molar-refractivity contribution >= 4 is 17.4 Å². The lowest BCUT2D eigenvalue weighted by Gasteiger charge is -2.35. The predicted octanol–water partition coefficient (Wildman–Crippen LogP) is 2.65. The number of pyridine rings is 1. The molecule has 0 spiro atoms. The Labute approximate surface area is 142 Å². The number of amides is 1. The molecule has 132 valence electrons. The Hall–Kier alpha value is -2.77. The predicted molar refractivity (Wildman–Crippen MR) is 88.2 cm³/mol. The summed E-state index contributed by atoms with van der Waals surface area (Å²) in [6.45, 7) is 1.65. The van der Waals surface area contributed by atoms with Gasteiger partial charge in [-0.1, -0.05) is 12.1 Å². The van der Waals surface area contributed by atoms with E-state index in [1.807, 2.05) is 4.90 Å². The average molecular weight is 350 g/mol. The third kappa shape index (κ3) is 3.67. The minimum atomic E-state index is -4.55. The molecule has 0 unspecified atom stereocenters. The number of nitrogens with two attached hydrogens (primary N) is 1. The van der Waals surface area contributed by atoms with Gasteiger partial charge in [0.25, 0.3) is 5.91 Å². The fourth-order valence-electron chi connectivity index (χ4n) is 2.81. The Morgan fingerprint density at radius 2 is 1.72 bits per heavy atom. The van der Waals surface area contributed by atoms with Gasteiger partial charge < -0.3 is 15.5 Å². The van der Waals surface area contributed by atoms with Crippen LogP contribution in [0.25, 0.3) is 0 Å². The molecule has 8 heteroatoms. The van der Waals surface area contributed by atoms with Crippen LogP contribution in [0.3, 0.4) is 0 Å². The number of alkyl halides is 3. The molecule has 0 aliphatic carbocycles. The fraction of sp³-hybridized carbons (Fsp3) is 0.294. The number of nitrogens with zero attached hydrogens (tertiary/aromatic N) is 3. The number of hydrogen-bond donors (Lipinski definition) is 1. The van der Waals surface area contributed by atoms with Crippen molar-refractivity contribution in [3.63, 3.8) is 0 Å². The van der Waals surface area contributed by atoms with Crippen LogP contribution < -0.4 is 10.6 Å². The number of benzene rings is 1. The highest BCUT2D eigenvalue weighted by atomic mass is 19.4. The highest BCUT2D eigenvalue weighted by molar-refractivity contribution is 5.96. The number of carbonyl (C=O) groups is 1. The van der Waals surface area contributed by atoms with Crippen LogP contribution in [0.5, 0.6) is 0 Å². The Morgan fingerprint density at radius 3 is 2.32 bits per heavy atom. The second-order valence-corrected chi connectivity index (χ2v) is 5.77. The second kappa shape index (κ2) is 6.62. The summed E-state index contributed by atoms with van der Waals surface area (Å²) in [5.41, 5.74) is 4.95. The van der Waals surface area contributed by atoms with E-state index >= 15 is 0 Å². The summed E-state index contributed by atoms with van der Waals surface area (Å²) in [6.07, 6.45) is -3.01. The quantitative estimate of drug-likeness (QED) is 0.905. The molecule has 1 aromatic heterocycles. The molecule has 5 nitrogen and oxygen atoms in total. The van der Waals surface area contributed by atoms with Gasteiger partial charge >= 0.3 is 6.18 Å². The molecule has 3 rings (SSSR count). The molecular formula is C17H17F3N4O. The summed E-state index contributed by atoms with van der Waals surface area (Å²) in [5, 5.41) is 0. The molecule has 0 bridgehead atoms. The Kier molecular flexibility index (Phi) is 4.52. The van der Waals surface area contributed by atoms with Crippen molar-refractivity contribution in [3.05, 3.63) is 53.7 Å². The van der Waals surface area contributed by atoms with Crippen LogP contribution in [-0.4, -0.2) is 42.0 Å². The molecule has 1 saturated heterocycles. The van der Waals surface area contributed by atoms with E-state index in [0.717, 1.165) is 11.9 Å². The first-order valence-corrected chi connectivity index (χ1v) is 7.78. The lowest BCUT2D eigenvalue weighted by atomic mass is 10.1. The Morgan fingerprint density at radius 1 is 1.04 bits per heavy atom. The lowest BCUT2D eigenvalue weighted by molar-refractivity contribution is -0.138. The van der Waals surface area contributed by atoms with Gasteiger partial charge in [0.2, 0.25) is 0 Å². The fourth-order valence-corrected chi connectivity index (χ4v) is 2.81. The van der Waals surface area contributed by atoms with Gasteiger partial charge in [0, 0.05) is 26.2 Å². The summed E-state index contributed by atoms with van der Waals surface area (Å²) in [7, 11) is 0. The maximum Gasteiger partial charge on any atom is 0.417 e. The van der Waals surface area contributed by atoms with E-state index in [4.69, 9.17) is 5.73 Å². The van der Waals surface area contributed by atoms with E-state index in [1.54, 1.807) is 18.3 Å². The Bertz CT molecular complexity index is 753. The highest BCUT2D eigenvalue weighted by Gasteiger charge is 2.36. The van der Waals surface area contributed by atoms with Crippen LogP contribution in [0.4, 0.5) is 24.7 Å². The van der Waals surface area contributed by atoms with Gasteiger partial charge in [0.15, 0.2) is 0 Å². The zero-order chi connectivity index (χ0) is 18.0. The SMILES string of the molecule is Nc1ccc(N2CCN(C(=O)c3ccccc3C(F)(F)F)CC2)nc1. The number of rotatable bonds is 2. The molecule has 1 aromatic carbocycles. The van der Waals surface area contributed by atoms with Gasteiger partial charge in [-0.3, -0.25) is 4.79 Å². The van der Waals surface area contributed by atoms with E-state index < -0.39 is 17.6 Å². The third-order valence-electron chi connectivity index (χ3n) is 4.12. The van der Waals surface area contributed by atoms with Crippen molar-refractivity contribution in [3.8, 4) is 0 Å². The largest absolute Gasteiger partial charge is 0.417 e. The minimum Gasteiger partial charge on any atom is -0.397 e. The number of piperazine rings is 1. The first-order chi connectivity index (χ1) is 11.9. The molecule has 0 saturated carbocycles. The van der Waals surface area contributed by atoms with Crippen molar-refractivity contribution in [2.75, 3.05) is 36.8 Å². The molecule has 1 aliphatic heterocycles. The molecule has 2 aromatic rings. The van der Waals surface area contributed by atoms with E-state index in [1.165, 1.54) is 23.1 Å². The molecular weight excluding hydrogens is 333 g/mol. The van der Waals surface area contributed by atoms with Crippen LogP contribution in [0.15, 0.2) is 42.6 Å². The molecule has 0 atom stereocenters. The molecule has 1 fully saturated rings. The number of halogens is 3. The first kappa shape index (κ1) is 17.1. The molecule has 25 heavy (non-hydrogen) atoms. The van der Waals surface area contributed by atoms with Crippen molar-refractivity contribution < 1.29 is 18.0 Å². The molecule has 1 amide bonds. The molecule has 2 N–H and O–H groups in total. The standard InChI is InChI=1S/C17H17F3N4O/c18-17(19,20)14-4-2-1-3-13(14)16(25)24-9-7-23(8-10-24)15-6-5-12(21)11-22-15/h1-6,11H,7-10,21H2. The summed E-state index contributed by atoms with van der Waals surface area (Å²) >= 11 is 0. The molecule has 1 aliphatic rings. The smallest absolute Gasteiger partial charge is 0.397 e. The lowest BCUT2D eigenvalue weighted by Crippen LogP contribution is -2.49. The highest BCUT2D eigenvalue weighted by Crippen LogP contribution is 2.32. The van der Waals surface area contributed by atoms with Crippen LogP contribution >= 0.6 is 0 Å². The van der Waals surface area contributed by atoms with E-state index in [-0.39, 0.29) is 5.56 Å². The number of nitrogen functional groups attached to an aromatic ring is 1. The van der Waals surface area contributed by atoms with Crippen LogP contribution in [-0.2, 0) is 6.18 Å². The number of anilines is 2. The summed E-state index contributed by atoms with van der Waals surface area (Å²) in [4.78, 5) is 20.2. The van der Waals surface area contributed by atoms with Crippen molar-refractivity contribution in [2.24, 2.45) is 0 Å². The maximum atomic E-state index is 13.1. The zero-order valence-corrected chi connectivity index (χ0v) is 13.3. The molecule has 2 heterocycles. The van der Waals surface area contributed by atoms with Gasteiger partial charge in [-0.05, 0) is 24.3 Å². The third-order valence-corrected chi connectivity index (χ3v) is 4.12. The zero-order valence-electron chi connectivity index (χ0n) is 13.3. The van der Waals surface area contributed by atoms with Gasteiger partial charge in [0.1, 0.15) is 5.82 Å². The number of aromatic nitrogens is 1. The number of carbonyl (C=O) groups excluding carboxylic acids is 1. The number of hydrogen-bond acceptors (Lipinski definition) is 4. The molecule has 0 radical (unpaired) electrons. The van der Waals surface area contributed by atoms with Gasteiger partial charge in [-0.15, -0.1) is 0 Å². The van der Waals surface area contributed by atoms with E-state index in [2.05, 4.69) is 4.98 Å². The maximum absolute atomic E-state index is 13.1. The summed E-state index contributed by atoms with van der Waals surface area (Å²) in [5.74, 6) is 0.134. The normalized spacial score (nSPS) is 15.3. The van der Waals surface area contributed by atoms with Gasteiger partial charge in [-0.2, -0.15) is 13.2 Å². The van der Waals surface area contributed by atoms with E-state index in [9.17, 15) is 18.0 Å². The van der Waals surface area contributed by atoms with E-state index in [0.29, 0.717) is 31.9 Å². The summed E-state index contributed by atoms with van der Waals surface area (Å²) < 4.78 is 39.3. The Balaban J connectivity index is 1.71. The summed E-state index contributed by atoms with van der Waals surface area (Å²) in [6, 6.07) is 8.40.